The van der Waals surface area contributed by atoms with Crippen molar-refractivity contribution in [2.24, 2.45) is 0 Å². The van der Waals surface area contributed by atoms with Gasteiger partial charge in [-0.1, -0.05) is 81.3 Å². The molecule has 0 bridgehead atoms. The highest BCUT2D eigenvalue weighted by molar-refractivity contribution is 5.36. The zero-order valence-corrected chi connectivity index (χ0v) is 9.00. The molecule has 0 fully saturated rings. The number of hydrogen-bond donors (Lipinski definition) is 0. The van der Waals surface area contributed by atoms with Crippen LogP contribution in [0.4, 0.5) is 0 Å². The van der Waals surface area contributed by atoms with Crippen molar-refractivity contribution < 1.29 is 0 Å². The van der Waals surface area contributed by atoms with Gasteiger partial charge < -0.3 is 0 Å². The van der Waals surface area contributed by atoms with Gasteiger partial charge in [0.2, 0.25) is 0 Å². The summed E-state index contributed by atoms with van der Waals surface area (Å²) in [5.74, 6) is 0. The van der Waals surface area contributed by atoms with E-state index in [0.717, 1.165) is 16.9 Å². The summed E-state index contributed by atoms with van der Waals surface area (Å²) in [6.07, 6.45) is 4.98. The van der Waals surface area contributed by atoms with Gasteiger partial charge >= 0.3 is 0 Å². The molecule has 0 unspecified atom stereocenters. The maximum atomic E-state index is 3.76. The van der Waals surface area contributed by atoms with Gasteiger partial charge in [-0.15, -0.1) is 0 Å². The van der Waals surface area contributed by atoms with Crippen LogP contribution in [0, 0.1) is 0 Å². The smallest absolute Gasteiger partial charge is 0.00375 e. The molecular formula is C16H20. The lowest BCUT2D eigenvalue weighted by molar-refractivity contribution is 1.29. The molecule has 0 heterocycles. The van der Waals surface area contributed by atoms with Crippen LogP contribution >= 0.6 is 0 Å². The van der Waals surface area contributed by atoms with Crippen molar-refractivity contribution in [1.29, 1.82) is 0 Å². The summed E-state index contributed by atoms with van der Waals surface area (Å²) in [5, 5.41) is 2.08. The van der Waals surface area contributed by atoms with Gasteiger partial charge in [-0.3, -0.25) is 0 Å². The van der Waals surface area contributed by atoms with Crippen LogP contribution in [-0.2, 0) is 0 Å². The zero-order valence-electron chi connectivity index (χ0n) is 9.00. The molecule has 0 aliphatic heterocycles. The highest BCUT2D eigenvalue weighted by atomic mass is 14.0. The predicted molar refractivity (Wildman–Crippen MR) is 75.5 cm³/mol. The van der Waals surface area contributed by atoms with E-state index in [1.165, 1.54) is 11.1 Å². The average molecular weight is 212 g/mol. The van der Waals surface area contributed by atoms with Gasteiger partial charge in [0, 0.05) is 0 Å². The van der Waals surface area contributed by atoms with Crippen molar-refractivity contribution in [1.82, 2.24) is 0 Å². The number of rotatable bonds is 0. The normalized spacial score (nSPS) is 12.8. The lowest BCUT2D eigenvalue weighted by Crippen LogP contribution is -2.02. The lowest BCUT2D eigenvalue weighted by atomic mass is 10.2. The monoisotopic (exact) mass is 212 g/mol. The van der Waals surface area contributed by atoms with Crippen LogP contribution in [0.3, 0.4) is 0 Å². The van der Waals surface area contributed by atoms with E-state index in [1.54, 1.807) is 0 Å². The second kappa shape index (κ2) is 6.62. The Morgan fingerprint density at radius 1 is 0.688 bits per heavy atom. The van der Waals surface area contributed by atoms with Crippen molar-refractivity contribution in [3.63, 3.8) is 0 Å². The highest BCUT2D eigenvalue weighted by Gasteiger charge is 1.97. The Balaban J connectivity index is 0.000000267. The first-order valence-electron chi connectivity index (χ1n) is 4.85. The second-order valence-corrected chi connectivity index (χ2v) is 3.64. The highest BCUT2D eigenvalue weighted by Crippen LogP contribution is 2.17. The molecule has 1 aliphatic carbocycles. The standard InChI is InChI=1S/C8H8.C7H8.CH4/c1-7-3-5-8(2)6-4-7;1-6-3-4-7(2)5-6;/h3-6H,1-2H2;3-4H,1-2,5H2;1H4. The van der Waals surface area contributed by atoms with Crippen molar-refractivity contribution >= 4 is 13.2 Å². The van der Waals surface area contributed by atoms with Gasteiger partial charge in [0.05, 0.1) is 0 Å². The third-order valence-electron chi connectivity index (χ3n) is 2.03. The molecule has 0 radical (unpaired) electrons. The maximum Gasteiger partial charge on any atom is -0.00375 e. The van der Waals surface area contributed by atoms with Crippen molar-refractivity contribution in [2.75, 3.05) is 0 Å². The van der Waals surface area contributed by atoms with Crippen LogP contribution in [0.5, 0.6) is 0 Å². The molecule has 1 aromatic carbocycles. The predicted octanol–water partition coefficient (Wildman–Crippen LogP) is 3.20. The quantitative estimate of drug-likeness (QED) is 0.619. The summed E-state index contributed by atoms with van der Waals surface area (Å²) in [7, 11) is 0. The van der Waals surface area contributed by atoms with E-state index < -0.39 is 0 Å². The molecule has 0 nitrogen and oxygen atoms in total. The van der Waals surface area contributed by atoms with E-state index >= 15 is 0 Å². The third kappa shape index (κ3) is 5.16. The summed E-state index contributed by atoms with van der Waals surface area (Å²) in [6.45, 7) is 15.0. The fourth-order valence-electron chi connectivity index (χ4n) is 1.18. The number of benzene rings is 1. The SMILES string of the molecule is C.C=C1C=CC(=C)C1.C=c1ccc(=C)cc1. The largest absolute Gasteiger partial charge is 0.0955 e. The molecule has 0 saturated carbocycles. The first kappa shape index (κ1) is 14.2. The Morgan fingerprint density at radius 2 is 1.00 bits per heavy atom. The van der Waals surface area contributed by atoms with E-state index in [9.17, 15) is 0 Å². The maximum absolute atomic E-state index is 3.76. The van der Waals surface area contributed by atoms with Crippen LogP contribution in [-0.4, -0.2) is 0 Å². The van der Waals surface area contributed by atoms with Crippen LogP contribution in [0.2, 0.25) is 0 Å². The summed E-state index contributed by atoms with van der Waals surface area (Å²) in [4.78, 5) is 0. The molecule has 0 heteroatoms. The van der Waals surface area contributed by atoms with Crippen LogP contribution in [0.25, 0.3) is 13.2 Å². The topological polar surface area (TPSA) is 0 Å². The molecule has 2 rings (SSSR count). The molecule has 84 valence electrons. The first-order valence-corrected chi connectivity index (χ1v) is 4.85. The van der Waals surface area contributed by atoms with Crippen LogP contribution in [0.1, 0.15) is 13.8 Å². The van der Waals surface area contributed by atoms with Gasteiger partial charge in [0.15, 0.2) is 0 Å². The fraction of sp³-hybridized carbons (Fsp3) is 0.125. The molecule has 1 aliphatic rings. The molecule has 0 saturated heterocycles. The molecule has 0 aromatic heterocycles. The van der Waals surface area contributed by atoms with E-state index in [-0.39, 0.29) is 7.43 Å². The molecular weight excluding hydrogens is 192 g/mol. The molecule has 16 heavy (non-hydrogen) atoms. The zero-order chi connectivity index (χ0) is 11.3. The molecule has 0 N–H and O–H groups in total. The molecule has 0 spiro atoms. The Hall–Kier alpha value is -1.82. The Labute approximate surface area is 98.6 Å². The van der Waals surface area contributed by atoms with Gasteiger partial charge in [0.25, 0.3) is 0 Å². The number of hydrogen-bond acceptors (Lipinski definition) is 0. The minimum absolute atomic E-state index is 0. The van der Waals surface area contributed by atoms with E-state index in [4.69, 9.17) is 0 Å². The summed E-state index contributed by atoms with van der Waals surface area (Å²) in [6, 6.07) is 7.79. The van der Waals surface area contributed by atoms with Gasteiger partial charge in [-0.2, -0.15) is 0 Å². The summed E-state index contributed by atoms with van der Waals surface area (Å²) in [5.41, 5.74) is 2.34. The summed E-state index contributed by atoms with van der Waals surface area (Å²) < 4.78 is 0. The van der Waals surface area contributed by atoms with E-state index in [0.29, 0.717) is 0 Å². The van der Waals surface area contributed by atoms with Gasteiger partial charge in [-0.05, 0) is 16.9 Å². The van der Waals surface area contributed by atoms with Crippen LogP contribution in [0.15, 0.2) is 60.7 Å². The minimum Gasteiger partial charge on any atom is -0.0955 e. The van der Waals surface area contributed by atoms with E-state index in [2.05, 4.69) is 26.3 Å². The lowest BCUT2D eigenvalue weighted by Gasteiger charge is -1.83. The second-order valence-electron chi connectivity index (χ2n) is 3.64. The first-order chi connectivity index (χ1) is 7.08. The Morgan fingerprint density at radius 3 is 1.19 bits per heavy atom. The molecule has 0 amide bonds. The fourth-order valence-corrected chi connectivity index (χ4v) is 1.18. The Kier molecular flexibility index (Phi) is 5.87. The number of allylic oxidation sites excluding steroid dienone is 4. The minimum atomic E-state index is 0. The Bertz CT molecular complexity index is 421. The third-order valence-corrected chi connectivity index (χ3v) is 2.03. The van der Waals surface area contributed by atoms with Gasteiger partial charge in [-0.25, -0.2) is 0 Å². The summed E-state index contributed by atoms with van der Waals surface area (Å²) >= 11 is 0. The van der Waals surface area contributed by atoms with Crippen molar-refractivity contribution in [3.05, 3.63) is 71.2 Å². The average Bonchev–Trinajstić information content (AvgIpc) is 2.56. The van der Waals surface area contributed by atoms with Crippen molar-refractivity contribution in [2.45, 2.75) is 13.8 Å². The van der Waals surface area contributed by atoms with Crippen LogP contribution < -0.4 is 10.4 Å². The molecule has 1 aromatic rings. The molecule has 0 atom stereocenters. The van der Waals surface area contributed by atoms with Crippen molar-refractivity contribution in [3.8, 4) is 0 Å². The van der Waals surface area contributed by atoms with Gasteiger partial charge in [0.1, 0.15) is 0 Å². The van der Waals surface area contributed by atoms with E-state index in [1.807, 2.05) is 36.4 Å².